The molecule has 0 atom stereocenters. The van der Waals surface area contributed by atoms with Gasteiger partial charge in [-0.25, -0.2) is 4.98 Å². The van der Waals surface area contributed by atoms with Gasteiger partial charge in [0.15, 0.2) is 0 Å². The largest absolute Gasteiger partial charge is 0.376 e. The predicted octanol–water partition coefficient (Wildman–Crippen LogP) is 2.53. The van der Waals surface area contributed by atoms with Crippen LogP contribution in [0.3, 0.4) is 0 Å². The Labute approximate surface area is 115 Å². The molecule has 0 radical (unpaired) electrons. The smallest absolute Gasteiger partial charge is 0.269 e. The van der Waals surface area contributed by atoms with Gasteiger partial charge in [-0.15, -0.1) is 0 Å². The molecule has 1 saturated carbocycles. The van der Waals surface area contributed by atoms with E-state index in [4.69, 9.17) is 4.74 Å². The number of carbonyl (C=O) groups is 1. The summed E-state index contributed by atoms with van der Waals surface area (Å²) in [5.74, 6) is -0.155. The van der Waals surface area contributed by atoms with Crippen molar-refractivity contribution in [2.45, 2.75) is 31.8 Å². The summed E-state index contributed by atoms with van der Waals surface area (Å²) in [5, 5.41) is 2.80. The first-order valence-electron chi connectivity index (χ1n) is 6.27. The fourth-order valence-corrected chi connectivity index (χ4v) is 2.28. The van der Waals surface area contributed by atoms with Crippen molar-refractivity contribution >= 4 is 21.8 Å². The van der Waals surface area contributed by atoms with Crippen LogP contribution in [0.25, 0.3) is 0 Å². The Morgan fingerprint density at radius 3 is 2.89 bits per heavy atom. The minimum atomic E-state index is -0.155. The van der Waals surface area contributed by atoms with Gasteiger partial charge in [0.2, 0.25) is 0 Å². The van der Waals surface area contributed by atoms with E-state index in [1.165, 1.54) is 12.8 Å². The number of rotatable bonds is 5. The van der Waals surface area contributed by atoms with Crippen molar-refractivity contribution in [3.63, 3.8) is 0 Å². The Bertz CT molecular complexity index is 388. The third kappa shape index (κ3) is 4.07. The predicted molar refractivity (Wildman–Crippen MR) is 72.5 cm³/mol. The average molecular weight is 313 g/mol. The van der Waals surface area contributed by atoms with Crippen molar-refractivity contribution in [1.82, 2.24) is 10.3 Å². The van der Waals surface area contributed by atoms with Gasteiger partial charge in [0.05, 0.1) is 12.7 Å². The number of halogens is 1. The summed E-state index contributed by atoms with van der Waals surface area (Å²) in [6.07, 6.45) is 6.85. The molecule has 1 N–H and O–H groups in total. The normalized spacial score (nSPS) is 15.8. The lowest BCUT2D eigenvalue weighted by atomic mass is 10.3. The van der Waals surface area contributed by atoms with Crippen LogP contribution in [0.2, 0.25) is 0 Å². The topological polar surface area (TPSA) is 51.2 Å². The number of carbonyl (C=O) groups excluding carboxylic acids is 1. The SMILES string of the molecule is O=C(NCCOC1CCCC1)c1ccc(Br)cn1. The van der Waals surface area contributed by atoms with Gasteiger partial charge in [0, 0.05) is 17.2 Å². The lowest BCUT2D eigenvalue weighted by Gasteiger charge is -2.11. The van der Waals surface area contributed by atoms with Gasteiger partial charge < -0.3 is 10.1 Å². The number of nitrogens with zero attached hydrogens (tertiary/aromatic N) is 1. The van der Waals surface area contributed by atoms with Crippen LogP contribution in [0, 0.1) is 0 Å². The molecule has 0 bridgehead atoms. The van der Waals surface area contributed by atoms with Gasteiger partial charge in [0.25, 0.3) is 5.91 Å². The molecule has 1 aliphatic carbocycles. The summed E-state index contributed by atoms with van der Waals surface area (Å²) < 4.78 is 6.53. The lowest BCUT2D eigenvalue weighted by Crippen LogP contribution is -2.29. The van der Waals surface area contributed by atoms with E-state index >= 15 is 0 Å². The molecule has 4 nitrogen and oxygen atoms in total. The third-order valence-electron chi connectivity index (χ3n) is 3.00. The summed E-state index contributed by atoms with van der Waals surface area (Å²) in [6.45, 7) is 1.11. The van der Waals surface area contributed by atoms with E-state index in [1.54, 1.807) is 18.3 Å². The molecule has 18 heavy (non-hydrogen) atoms. The van der Waals surface area contributed by atoms with Crippen molar-refractivity contribution in [2.24, 2.45) is 0 Å². The first-order valence-corrected chi connectivity index (χ1v) is 7.06. The Kier molecular flexibility index (Phi) is 5.13. The number of hydrogen-bond donors (Lipinski definition) is 1. The molecule has 1 fully saturated rings. The molecule has 1 aromatic heterocycles. The molecule has 0 aromatic carbocycles. The standard InChI is InChI=1S/C13H17BrN2O2/c14-10-5-6-12(16-9-10)13(17)15-7-8-18-11-3-1-2-4-11/h5-6,9,11H,1-4,7-8H2,(H,15,17). The highest BCUT2D eigenvalue weighted by atomic mass is 79.9. The second-order valence-corrected chi connectivity index (χ2v) is 5.31. The van der Waals surface area contributed by atoms with Gasteiger partial charge in [-0.3, -0.25) is 4.79 Å². The van der Waals surface area contributed by atoms with E-state index in [2.05, 4.69) is 26.2 Å². The van der Waals surface area contributed by atoms with Crippen LogP contribution in [-0.4, -0.2) is 30.1 Å². The van der Waals surface area contributed by atoms with Crippen LogP contribution >= 0.6 is 15.9 Å². The Morgan fingerprint density at radius 1 is 1.44 bits per heavy atom. The number of nitrogens with one attached hydrogen (secondary N) is 1. The zero-order chi connectivity index (χ0) is 12.8. The van der Waals surface area contributed by atoms with Crippen molar-refractivity contribution in [2.75, 3.05) is 13.2 Å². The Hall–Kier alpha value is -0.940. The minimum Gasteiger partial charge on any atom is -0.376 e. The zero-order valence-corrected chi connectivity index (χ0v) is 11.8. The summed E-state index contributed by atoms with van der Waals surface area (Å²) in [5.41, 5.74) is 0.430. The van der Waals surface area contributed by atoms with Crippen molar-refractivity contribution in [1.29, 1.82) is 0 Å². The monoisotopic (exact) mass is 312 g/mol. The summed E-state index contributed by atoms with van der Waals surface area (Å²) in [4.78, 5) is 15.7. The lowest BCUT2D eigenvalue weighted by molar-refractivity contribution is 0.0581. The molecule has 1 amide bonds. The molecule has 1 heterocycles. The molecule has 5 heteroatoms. The summed E-state index contributed by atoms with van der Waals surface area (Å²) in [6, 6.07) is 3.49. The molecule has 2 rings (SSSR count). The molecule has 1 aromatic rings. The van der Waals surface area contributed by atoms with Gasteiger partial charge in [-0.1, -0.05) is 12.8 Å². The van der Waals surface area contributed by atoms with Crippen LogP contribution < -0.4 is 5.32 Å². The van der Waals surface area contributed by atoms with Crippen LogP contribution in [0.5, 0.6) is 0 Å². The molecule has 0 saturated heterocycles. The number of amides is 1. The molecule has 98 valence electrons. The quantitative estimate of drug-likeness (QED) is 0.850. The van der Waals surface area contributed by atoms with E-state index in [9.17, 15) is 4.79 Å². The highest BCUT2D eigenvalue weighted by Gasteiger charge is 2.15. The fraction of sp³-hybridized carbons (Fsp3) is 0.538. The van der Waals surface area contributed by atoms with Crippen molar-refractivity contribution in [3.05, 3.63) is 28.5 Å². The van der Waals surface area contributed by atoms with E-state index in [0.717, 1.165) is 17.3 Å². The van der Waals surface area contributed by atoms with Crippen molar-refractivity contribution in [3.8, 4) is 0 Å². The van der Waals surface area contributed by atoms with Gasteiger partial charge in [-0.05, 0) is 40.9 Å². The highest BCUT2D eigenvalue weighted by Crippen LogP contribution is 2.20. The average Bonchev–Trinajstić information content (AvgIpc) is 2.88. The molecule has 0 unspecified atom stereocenters. The van der Waals surface area contributed by atoms with E-state index in [-0.39, 0.29) is 5.91 Å². The fourth-order valence-electron chi connectivity index (χ4n) is 2.05. The number of aromatic nitrogens is 1. The second-order valence-electron chi connectivity index (χ2n) is 4.39. The first kappa shape index (κ1) is 13.5. The van der Waals surface area contributed by atoms with Gasteiger partial charge in [-0.2, -0.15) is 0 Å². The highest BCUT2D eigenvalue weighted by molar-refractivity contribution is 9.10. The summed E-state index contributed by atoms with van der Waals surface area (Å²) >= 11 is 3.28. The Morgan fingerprint density at radius 2 is 2.22 bits per heavy atom. The second kappa shape index (κ2) is 6.85. The third-order valence-corrected chi connectivity index (χ3v) is 3.47. The van der Waals surface area contributed by atoms with Crippen LogP contribution in [-0.2, 0) is 4.74 Å². The van der Waals surface area contributed by atoms with Crippen LogP contribution in [0.4, 0.5) is 0 Å². The van der Waals surface area contributed by atoms with E-state index in [1.807, 2.05) is 0 Å². The maximum atomic E-state index is 11.7. The van der Waals surface area contributed by atoms with E-state index in [0.29, 0.717) is 24.9 Å². The molecular formula is C13H17BrN2O2. The maximum Gasteiger partial charge on any atom is 0.269 e. The van der Waals surface area contributed by atoms with Crippen LogP contribution in [0.1, 0.15) is 36.2 Å². The first-order chi connectivity index (χ1) is 8.75. The number of ether oxygens (including phenoxy) is 1. The van der Waals surface area contributed by atoms with Gasteiger partial charge >= 0.3 is 0 Å². The molecule has 0 aliphatic heterocycles. The van der Waals surface area contributed by atoms with E-state index < -0.39 is 0 Å². The zero-order valence-electron chi connectivity index (χ0n) is 10.2. The number of pyridine rings is 1. The van der Waals surface area contributed by atoms with Gasteiger partial charge in [0.1, 0.15) is 5.69 Å². The molecular weight excluding hydrogens is 296 g/mol. The number of hydrogen-bond acceptors (Lipinski definition) is 3. The molecule has 0 spiro atoms. The minimum absolute atomic E-state index is 0.155. The van der Waals surface area contributed by atoms with Crippen molar-refractivity contribution < 1.29 is 9.53 Å². The maximum absolute atomic E-state index is 11.7. The summed E-state index contributed by atoms with van der Waals surface area (Å²) in [7, 11) is 0. The Balaban J connectivity index is 1.66. The van der Waals surface area contributed by atoms with Crippen LogP contribution in [0.15, 0.2) is 22.8 Å². The molecule has 1 aliphatic rings.